The fourth-order valence-electron chi connectivity index (χ4n) is 2.53. The molecule has 1 aromatic rings. The zero-order valence-electron chi connectivity index (χ0n) is 12.2. The predicted molar refractivity (Wildman–Crippen MR) is 75.4 cm³/mol. The topological polar surface area (TPSA) is 59.0 Å². The zero-order chi connectivity index (χ0) is 14.7. The van der Waals surface area contributed by atoms with E-state index in [1.165, 1.54) is 0 Å². The van der Waals surface area contributed by atoms with Gasteiger partial charge in [0.25, 0.3) is 5.91 Å². The molecule has 0 aromatic heterocycles. The molecule has 0 saturated carbocycles. The Morgan fingerprint density at radius 1 is 1.30 bits per heavy atom. The number of aliphatic hydroxyl groups is 1. The van der Waals surface area contributed by atoms with Crippen molar-refractivity contribution < 1.29 is 19.4 Å². The molecule has 20 heavy (non-hydrogen) atoms. The average Bonchev–Trinajstić information content (AvgIpc) is 2.46. The van der Waals surface area contributed by atoms with Crippen LogP contribution in [-0.2, 0) is 0 Å². The first kappa shape index (κ1) is 14.7. The number of aliphatic hydroxyl groups excluding tert-OH is 1. The molecule has 0 bridgehead atoms. The largest absolute Gasteiger partial charge is 0.496 e. The van der Waals surface area contributed by atoms with Crippen LogP contribution in [0.2, 0.25) is 0 Å². The van der Waals surface area contributed by atoms with E-state index in [0.717, 1.165) is 18.4 Å². The first-order valence-corrected chi connectivity index (χ1v) is 6.76. The van der Waals surface area contributed by atoms with E-state index in [1.54, 1.807) is 31.3 Å². The van der Waals surface area contributed by atoms with Crippen LogP contribution >= 0.6 is 0 Å². The smallest absolute Gasteiger partial charge is 0.254 e. The van der Waals surface area contributed by atoms with Crippen molar-refractivity contribution >= 4 is 5.91 Å². The molecule has 0 spiro atoms. The molecule has 110 valence electrons. The molecule has 1 amide bonds. The van der Waals surface area contributed by atoms with Crippen LogP contribution in [0, 0.1) is 6.92 Å². The molecule has 2 rings (SSSR count). The van der Waals surface area contributed by atoms with Gasteiger partial charge in [-0.3, -0.25) is 4.79 Å². The van der Waals surface area contributed by atoms with Gasteiger partial charge in [0.15, 0.2) is 0 Å². The Balaban J connectivity index is 2.29. The summed E-state index contributed by atoms with van der Waals surface area (Å²) in [5.74, 6) is 1.16. The molecule has 1 atom stereocenters. The molecule has 1 N–H and O–H groups in total. The number of nitrogens with zero attached hydrogens (tertiary/aromatic N) is 1. The summed E-state index contributed by atoms with van der Waals surface area (Å²) in [6.45, 7) is 2.95. The Bertz CT molecular complexity index is 476. The number of rotatable bonds is 3. The van der Waals surface area contributed by atoms with Crippen LogP contribution in [0.1, 0.15) is 28.8 Å². The van der Waals surface area contributed by atoms with Gasteiger partial charge in [-0.05, 0) is 31.9 Å². The Morgan fingerprint density at radius 2 is 1.90 bits per heavy atom. The molecule has 0 aliphatic carbocycles. The monoisotopic (exact) mass is 279 g/mol. The number of likely N-dealkylation sites (tertiary alicyclic amines) is 1. The summed E-state index contributed by atoms with van der Waals surface area (Å²) < 4.78 is 10.6. The van der Waals surface area contributed by atoms with E-state index in [2.05, 4.69) is 0 Å². The highest BCUT2D eigenvalue weighted by molar-refractivity contribution is 5.95. The molecule has 1 heterocycles. The number of hydrogen-bond acceptors (Lipinski definition) is 4. The highest BCUT2D eigenvalue weighted by atomic mass is 16.5. The fraction of sp³-hybridized carbons (Fsp3) is 0.533. The summed E-state index contributed by atoms with van der Waals surface area (Å²) in [6.07, 6.45) is 1.15. The van der Waals surface area contributed by atoms with Gasteiger partial charge < -0.3 is 19.5 Å². The first-order chi connectivity index (χ1) is 9.56. The van der Waals surface area contributed by atoms with E-state index in [9.17, 15) is 9.90 Å². The van der Waals surface area contributed by atoms with Gasteiger partial charge in [-0.15, -0.1) is 0 Å². The van der Waals surface area contributed by atoms with Gasteiger partial charge >= 0.3 is 0 Å². The van der Waals surface area contributed by atoms with E-state index in [4.69, 9.17) is 9.47 Å². The van der Waals surface area contributed by atoms with Crippen molar-refractivity contribution in [2.45, 2.75) is 25.9 Å². The van der Waals surface area contributed by atoms with Crippen molar-refractivity contribution in [2.75, 3.05) is 27.3 Å². The number of carbonyl (C=O) groups is 1. The van der Waals surface area contributed by atoms with Gasteiger partial charge in [-0.2, -0.15) is 0 Å². The van der Waals surface area contributed by atoms with Crippen molar-refractivity contribution in [3.05, 3.63) is 23.3 Å². The lowest BCUT2D eigenvalue weighted by atomic mass is 10.0. The molecule has 5 heteroatoms. The van der Waals surface area contributed by atoms with E-state index in [1.807, 2.05) is 6.92 Å². The summed E-state index contributed by atoms with van der Waals surface area (Å²) in [4.78, 5) is 14.2. The minimum absolute atomic E-state index is 0.0969. The van der Waals surface area contributed by atoms with E-state index >= 15 is 0 Å². The van der Waals surface area contributed by atoms with Crippen LogP contribution < -0.4 is 9.47 Å². The molecule has 1 aliphatic rings. The van der Waals surface area contributed by atoms with Gasteiger partial charge in [0, 0.05) is 24.2 Å². The molecule has 1 saturated heterocycles. The SMILES string of the molecule is COc1cc(C(=O)N2CCC[C@H](O)C2)cc(OC)c1C. The average molecular weight is 279 g/mol. The van der Waals surface area contributed by atoms with E-state index in [-0.39, 0.29) is 5.91 Å². The summed E-state index contributed by atoms with van der Waals surface area (Å²) >= 11 is 0. The second-order valence-electron chi connectivity index (χ2n) is 5.05. The van der Waals surface area contributed by atoms with Gasteiger partial charge in [0.1, 0.15) is 11.5 Å². The minimum atomic E-state index is -0.429. The molecule has 1 aliphatic heterocycles. The lowest BCUT2D eigenvalue weighted by molar-refractivity contribution is 0.0473. The third-order valence-corrected chi connectivity index (χ3v) is 3.68. The molecule has 1 fully saturated rings. The maximum Gasteiger partial charge on any atom is 0.254 e. The summed E-state index contributed by atoms with van der Waals surface area (Å²) in [5, 5.41) is 9.68. The Kier molecular flexibility index (Phi) is 4.49. The lowest BCUT2D eigenvalue weighted by Gasteiger charge is -2.30. The molecular formula is C15H21NO4. The molecule has 0 unspecified atom stereocenters. The number of hydrogen-bond donors (Lipinski definition) is 1. The van der Waals surface area contributed by atoms with Crippen molar-refractivity contribution in [1.29, 1.82) is 0 Å². The number of amides is 1. The maximum absolute atomic E-state index is 12.5. The Labute approximate surface area is 119 Å². The standard InChI is InChI=1S/C15H21NO4/c1-10-13(19-2)7-11(8-14(10)20-3)15(18)16-6-4-5-12(17)9-16/h7-8,12,17H,4-6,9H2,1-3H3/t12-/m0/s1. The summed E-state index contributed by atoms with van der Waals surface area (Å²) in [5.41, 5.74) is 1.39. The van der Waals surface area contributed by atoms with Gasteiger partial charge in [-0.25, -0.2) is 0 Å². The van der Waals surface area contributed by atoms with Gasteiger partial charge in [-0.1, -0.05) is 0 Å². The fourth-order valence-corrected chi connectivity index (χ4v) is 2.53. The first-order valence-electron chi connectivity index (χ1n) is 6.76. The third-order valence-electron chi connectivity index (χ3n) is 3.68. The highest BCUT2D eigenvalue weighted by Gasteiger charge is 2.24. The maximum atomic E-state index is 12.5. The number of piperidine rings is 1. The van der Waals surface area contributed by atoms with Gasteiger partial charge in [0.05, 0.1) is 20.3 Å². The predicted octanol–water partition coefficient (Wildman–Crippen LogP) is 1.61. The molecular weight excluding hydrogens is 258 g/mol. The minimum Gasteiger partial charge on any atom is -0.496 e. The molecule has 1 aromatic carbocycles. The highest BCUT2D eigenvalue weighted by Crippen LogP contribution is 2.30. The Morgan fingerprint density at radius 3 is 2.40 bits per heavy atom. The number of benzene rings is 1. The number of β-amino-alcohol motifs (C(OH)–C–C–N with tert-alkyl or cyclic N) is 1. The van der Waals surface area contributed by atoms with Crippen LogP contribution in [-0.4, -0.2) is 49.3 Å². The zero-order valence-corrected chi connectivity index (χ0v) is 12.2. The van der Waals surface area contributed by atoms with Crippen molar-refractivity contribution in [1.82, 2.24) is 4.90 Å². The molecule has 5 nitrogen and oxygen atoms in total. The second kappa shape index (κ2) is 6.13. The normalized spacial score (nSPS) is 18.8. The summed E-state index contributed by atoms with van der Waals surface area (Å²) in [7, 11) is 3.14. The van der Waals surface area contributed by atoms with Crippen molar-refractivity contribution in [3.63, 3.8) is 0 Å². The quantitative estimate of drug-likeness (QED) is 0.913. The second-order valence-corrected chi connectivity index (χ2v) is 5.05. The lowest BCUT2D eigenvalue weighted by Crippen LogP contribution is -2.42. The van der Waals surface area contributed by atoms with Crippen LogP contribution in [0.25, 0.3) is 0 Å². The van der Waals surface area contributed by atoms with Crippen molar-refractivity contribution in [3.8, 4) is 11.5 Å². The van der Waals surface area contributed by atoms with Crippen LogP contribution in [0.3, 0.4) is 0 Å². The van der Waals surface area contributed by atoms with E-state index < -0.39 is 6.10 Å². The third kappa shape index (κ3) is 2.88. The summed E-state index contributed by atoms with van der Waals surface area (Å²) in [6, 6.07) is 3.45. The number of carbonyl (C=O) groups excluding carboxylic acids is 1. The molecule has 0 radical (unpaired) electrons. The van der Waals surface area contributed by atoms with Crippen molar-refractivity contribution in [2.24, 2.45) is 0 Å². The van der Waals surface area contributed by atoms with Gasteiger partial charge in [0.2, 0.25) is 0 Å². The number of ether oxygens (including phenoxy) is 2. The van der Waals surface area contributed by atoms with Crippen LogP contribution in [0.15, 0.2) is 12.1 Å². The van der Waals surface area contributed by atoms with Crippen LogP contribution in [0.4, 0.5) is 0 Å². The van der Waals surface area contributed by atoms with E-state index in [0.29, 0.717) is 30.2 Å². The Hall–Kier alpha value is -1.75. The number of methoxy groups -OCH3 is 2. The van der Waals surface area contributed by atoms with Crippen LogP contribution in [0.5, 0.6) is 11.5 Å².